The standard InChI is InChI=1S/C8H13N2/c1-3-8-9-6-5-7-10(8)4-2/h5-7H,3-4H2,1-2H3/q+1. The highest BCUT2D eigenvalue weighted by Crippen LogP contribution is 1.85. The van der Waals surface area contributed by atoms with Gasteiger partial charge in [-0.25, -0.2) is 4.57 Å². The van der Waals surface area contributed by atoms with Crippen molar-refractivity contribution in [3.63, 3.8) is 0 Å². The summed E-state index contributed by atoms with van der Waals surface area (Å²) in [7, 11) is 0. The molecule has 54 valence electrons. The number of rotatable bonds is 2. The number of hydrogen-bond acceptors (Lipinski definition) is 1. The van der Waals surface area contributed by atoms with E-state index >= 15 is 0 Å². The minimum Gasteiger partial charge on any atom is -0.235 e. The summed E-state index contributed by atoms with van der Waals surface area (Å²) in [6, 6.07) is 1.96. The topological polar surface area (TPSA) is 16.8 Å². The Balaban J connectivity index is 2.96. The van der Waals surface area contributed by atoms with Gasteiger partial charge in [0, 0.05) is 6.07 Å². The van der Waals surface area contributed by atoms with Crippen molar-refractivity contribution in [2.75, 3.05) is 0 Å². The Hall–Kier alpha value is -0.920. The van der Waals surface area contributed by atoms with Gasteiger partial charge in [0.25, 0.3) is 5.82 Å². The molecule has 0 unspecified atom stereocenters. The van der Waals surface area contributed by atoms with Crippen LogP contribution in [0.5, 0.6) is 0 Å². The monoisotopic (exact) mass is 137 g/mol. The van der Waals surface area contributed by atoms with Crippen molar-refractivity contribution in [1.29, 1.82) is 0 Å². The van der Waals surface area contributed by atoms with Crippen LogP contribution >= 0.6 is 0 Å². The Bertz CT molecular complexity index is 185. The summed E-state index contributed by atoms with van der Waals surface area (Å²) in [5, 5.41) is 0. The third kappa shape index (κ3) is 1.32. The van der Waals surface area contributed by atoms with E-state index in [0.29, 0.717) is 0 Å². The summed E-state index contributed by atoms with van der Waals surface area (Å²) in [5.41, 5.74) is 0. The van der Waals surface area contributed by atoms with Gasteiger partial charge in [0.2, 0.25) is 0 Å². The first-order valence-electron chi connectivity index (χ1n) is 3.71. The van der Waals surface area contributed by atoms with Crippen molar-refractivity contribution < 1.29 is 4.57 Å². The molecule has 0 aliphatic heterocycles. The minimum atomic E-state index is 1.01. The van der Waals surface area contributed by atoms with Crippen molar-refractivity contribution in [2.24, 2.45) is 0 Å². The van der Waals surface area contributed by atoms with E-state index in [1.807, 2.05) is 12.3 Å². The maximum Gasteiger partial charge on any atom is 0.297 e. The van der Waals surface area contributed by atoms with E-state index in [1.165, 1.54) is 0 Å². The van der Waals surface area contributed by atoms with E-state index in [0.717, 1.165) is 18.8 Å². The number of aryl methyl sites for hydroxylation is 2. The number of nitrogens with zero attached hydrogens (tertiary/aromatic N) is 2. The zero-order valence-corrected chi connectivity index (χ0v) is 6.54. The van der Waals surface area contributed by atoms with Gasteiger partial charge in [-0.1, -0.05) is 11.9 Å². The molecule has 1 aromatic rings. The summed E-state index contributed by atoms with van der Waals surface area (Å²) in [6.45, 7) is 5.26. The van der Waals surface area contributed by atoms with Crippen LogP contribution in [-0.2, 0) is 13.0 Å². The largest absolute Gasteiger partial charge is 0.297 e. The Morgan fingerprint density at radius 3 is 2.80 bits per heavy atom. The number of hydrogen-bond donors (Lipinski definition) is 0. The number of aromatic nitrogens is 2. The van der Waals surface area contributed by atoms with Crippen LogP contribution in [0.4, 0.5) is 0 Å². The molecule has 1 rings (SSSR count). The van der Waals surface area contributed by atoms with Gasteiger partial charge in [-0.2, -0.15) is 0 Å². The van der Waals surface area contributed by atoms with Gasteiger partial charge < -0.3 is 0 Å². The van der Waals surface area contributed by atoms with Crippen LogP contribution in [0.25, 0.3) is 0 Å². The van der Waals surface area contributed by atoms with Crippen molar-refractivity contribution in [1.82, 2.24) is 4.98 Å². The van der Waals surface area contributed by atoms with Crippen LogP contribution in [0.3, 0.4) is 0 Å². The van der Waals surface area contributed by atoms with Crippen LogP contribution in [0.15, 0.2) is 18.5 Å². The average molecular weight is 137 g/mol. The third-order valence-corrected chi connectivity index (χ3v) is 1.56. The highest BCUT2D eigenvalue weighted by atomic mass is 15.0. The zero-order chi connectivity index (χ0) is 7.40. The molecule has 0 aliphatic rings. The predicted molar refractivity (Wildman–Crippen MR) is 39.5 cm³/mol. The molecule has 2 heteroatoms. The normalized spacial score (nSPS) is 9.80. The van der Waals surface area contributed by atoms with E-state index in [-0.39, 0.29) is 0 Å². The molecule has 0 bridgehead atoms. The lowest BCUT2D eigenvalue weighted by Crippen LogP contribution is -2.37. The van der Waals surface area contributed by atoms with Gasteiger partial charge in [-0.05, 0) is 6.92 Å². The quantitative estimate of drug-likeness (QED) is 0.554. The van der Waals surface area contributed by atoms with Crippen molar-refractivity contribution in [2.45, 2.75) is 26.8 Å². The molecule has 0 atom stereocenters. The second-order valence-corrected chi connectivity index (χ2v) is 2.18. The maximum absolute atomic E-state index is 4.23. The average Bonchev–Trinajstić information content (AvgIpc) is 2.04. The third-order valence-electron chi connectivity index (χ3n) is 1.56. The van der Waals surface area contributed by atoms with Gasteiger partial charge in [0.15, 0.2) is 0 Å². The predicted octanol–water partition coefficient (Wildman–Crippen LogP) is 0.951. The molecule has 10 heavy (non-hydrogen) atoms. The first-order chi connectivity index (χ1) is 4.88. The van der Waals surface area contributed by atoms with E-state index in [9.17, 15) is 0 Å². The molecule has 0 fully saturated rings. The van der Waals surface area contributed by atoms with Crippen LogP contribution in [0.2, 0.25) is 0 Å². The zero-order valence-electron chi connectivity index (χ0n) is 6.54. The smallest absolute Gasteiger partial charge is 0.235 e. The molecular formula is C8H13N2+. The van der Waals surface area contributed by atoms with Gasteiger partial charge in [-0.3, -0.25) is 0 Å². The lowest BCUT2D eigenvalue weighted by Gasteiger charge is -1.95. The fourth-order valence-electron chi connectivity index (χ4n) is 1.01. The Morgan fingerprint density at radius 1 is 1.50 bits per heavy atom. The molecule has 0 saturated carbocycles. The summed E-state index contributed by atoms with van der Waals surface area (Å²) in [6.07, 6.45) is 4.91. The summed E-state index contributed by atoms with van der Waals surface area (Å²) >= 11 is 0. The fraction of sp³-hybridized carbons (Fsp3) is 0.500. The van der Waals surface area contributed by atoms with Crippen molar-refractivity contribution in [3.8, 4) is 0 Å². The molecule has 1 heterocycles. The molecule has 0 aromatic carbocycles. The molecule has 0 radical (unpaired) electrons. The summed E-state index contributed by atoms with van der Waals surface area (Å²) in [4.78, 5) is 4.23. The van der Waals surface area contributed by atoms with Crippen LogP contribution in [-0.4, -0.2) is 4.98 Å². The van der Waals surface area contributed by atoms with Gasteiger partial charge in [-0.15, -0.1) is 0 Å². The molecule has 0 saturated heterocycles. The SMILES string of the molecule is CCc1nccc[n+]1CC. The fourth-order valence-corrected chi connectivity index (χ4v) is 1.01. The van der Waals surface area contributed by atoms with Gasteiger partial charge in [0.1, 0.15) is 6.20 Å². The van der Waals surface area contributed by atoms with Crippen molar-refractivity contribution in [3.05, 3.63) is 24.3 Å². The second-order valence-electron chi connectivity index (χ2n) is 2.18. The van der Waals surface area contributed by atoms with Crippen LogP contribution < -0.4 is 4.57 Å². The minimum absolute atomic E-state index is 1.01. The van der Waals surface area contributed by atoms with Crippen LogP contribution in [0.1, 0.15) is 19.7 Å². The van der Waals surface area contributed by atoms with E-state index in [1.54, 1.807) is 0 Å². The summed E-state index contributed by atoms with van der Waals surface area (Å²) < 4.78 is 2.15. The molecule has 0 N–H and O–H groups in total. The molecule has 2 nitrogen and oxygen atoms in total. The van der Waals surface area contributed by atoms with E-state index in [4.69, 9.17) is 0 Å². The highest BCUT2D eigenvalue weighted by molar-refractivity contribution is 4.78. The molecule has 0 aliphatic carbocycles. The molecule has 0 amide bonds. The van der Waals surface area contributed by atoms with E-state index in [2.05, 4.69) is 29.6 Å². The van der Waals surface area contributed by atoms with E-state index < -0.39 is 0 Å². The molecule has 1 aromatic heterocycles. The maximum atomic E-state index is 4.23. The Labute approximate surface area is 61.5 Å². The lowest BCUT2D eigenvalue weighted by molar-refractivity contribution is -0.703. The Morgan fingerprint density at radius 2 is 2.30 bits per heavy atom. The Kier molecular flexibility index (Phi) is 2.37. The van der Waals surface area contributed by atoms with Crippen molar-refractivity contribution >= 4 is 0 Å². The van der Waals surface area contributed by atoms with Crippen LogP contribution in [0, 0.1) is 0 Å². The molecular weight excluding hydrogens is 124 g/mol. The first kappa shape index (κ1) is 7.19. The molecule has 0 spiro atoms. The first-order valence-corrected chi connectivity index (χ1v) is 3.71. The van der Waals surface area contributed by atoms with Gasteiger partial charge in [0.05, 0.1) is 19.2 Å². The highest BCUT2D eigenvalue weighted by Gasteiger charge is 2.03. The second kappa shape index (κ2) is 3.30. The summed E-state index contributed by atoms with van der Waals surface area (Å²) in [5.74, 6) is 1.16. The van der Waals surface area contributed by atoms with Gasteiger partial charge >= 0.3 is 0 Å². The lowest BCUT2D eigenvalue weighted by atomic mass is 10.4.